The summed E-state index contributed by atoms with van der Waals surface area (Å²) in [4.78, 5) is 30.2. The van der Waals surface area contributed by atoms with Crippen LogP contribution < -0.4 is 10.6 Å². The third kappa shape index (κ3) is 4.86. The van der Waals surface area contributed by atoms with E-state index in [2.05, 4.69) is 41.7 Å². The van der Waals surface area contributed by atoms with Gasteiger partial charge in [-0.3, -0.25) is 9.59 Å². The van der Waals surface area contributed by atoms with Gasteiger partial charge in [-0.25, -0.2) is 14.2 Å². The number of carbonyl (C=O) groups is 2. The Morgan fingerprint density at radius 2 is 1.89 bits per heavy atom. The fourth-order valence-corrected chi connectivity index (χ4v) is 3.97. The van der Waals surface area contributed by atoms with Gasteiger partial charge in [-0.2, -0.15) is 23.4 Å². The Balaban J connectivity index is 1.84. The number of amides is 2. The van der Waals surface area contributed by atoms with E-state index < -0.39 is 29.4 Å². The lowest BCUT2D eigenvalue weighted by atomic mass is 10.2. The fourth-order valence-electron chi connectivity index (χ4n) is 3.24. The zero-order chi connectivity index (χ0) is 25.5. The first kappa shape index (κ1) is 24.7. The number of fused-ring (bicyclic) bond motifs is 1. The van der Waals surface area contributed by atoms with Crippen molar-refractivity contribution in [3.05, 3.63) is 69.3 Å². The number of nitrogens with one attached hydrogen (secondary N) is 2. The minimum Gasteiger partial charge on any atom is -0.348 e. The lowest BCUT2D eigenvalue weighted by Gasteiger charge is -2.16. The van der Waals surface area contributed by atoms with Gasteiger partial charge in [0.2, 0.25) is 0 Å². The number of hydrogen-bond donors (Lipinski definition) is 2. The van der Waals surface area contributed by atoms with Gasteiger partial charge in [-0.15, -0.1) is 0 Å². The summed E-state index contributed by atoms with van der Waals surface area (Å²) in [5, 5.41) is 12.9. The number of pyridine rings is 2. The molecule has 4 aromatic rings. The van der Waals surface area contributed by atoms with Crippen LogP contribution in [0.25, 0.3) is 11.3 Å². The number of aromatic nitrogens is 5. The molecule has 0 bridgehead atoms. The van der Waals surface area contributed by atoms with Crippen molar-refractivity contribution in [2.45, 2.75) is 26.1 Å². The number of rotatable bonds is 5. The molecule has 4 rings (SSSR count). The zero-order valence-corrected chi connectivity index (χ0v) is 20.4. The molecule has 0 unspecified atom stereocenters. The van der Waals surface area contributed by atoms with Crippen LogP contribution in [0.3, 0.4) is 0 Å². The largest absolute Gasteiger partial charge is 0.435 e. The van der Waals surface area contributed by atoms with Crippen molar-refractivity contribution in [2.75, 3.05) is 5.32 Å². The molecule has 0 aliphatic heterocycles. The Morgan fingerprint density at radius 1 is 1.14 bits per heavy atom. The van der Waals surface area contributed by atoms with Gasteiger partial charge in [0, 0.05) is 22.8 Å². The quantitative estimate of drug-likeness (QED) is 0.361. The third-order valence-electron chi connectivity index (χ3n) is 4.68. The van der Waals surface area contributed by atoms with Crippen LogP contribution in [0.5, 0.6) is 0 Å². The molecule has 4 heterocycles. The SMILES string of the molecule is CC(C)NC(=O)c1c(NC(=O)c2cc(C(F)(F)F)nn2-c2ncccc2Cl)c(Br)cc2ccnn12. The van der Waals surface area contributed by atoms with Crippen molar-refractivity contribution in [2.24, 2.45) is 0 Å². The Hall–Kier alpha value is -3.45. The van der Waals surface area contributed by atoms with E-state index in [1.165, 1.54) is 29.0 Å². The van der Waals surface area contributed by atoms with Crippen molar-refractivity contribution >= 4 is 50.5 Å². The molecule has 2 N–H and O–H groups in total. The van der Waals surface area contributed by atoms with Crippen LogP contribution in [0.2, 0.25) is 5.02 Å². The van der Waals surface area contributed by atoms with E-state index in [-0.39, 0.29) is 28.3 Å². The van der Waals surface area contributed by atoms with E-state index in [1.807, 2.05) is 0 Å². The molecule has 0 aliphatic rings. The summed E-state index contributed by atoms with van der Waals surface area (Å²) in [5.41, 5.74) is -1.30. The van der Waals surface area contributed by atoms with Crippen LogP contribution in [-0.4, -0.2) is 42.2 Å². The first-order valence-corrected chi connectivity index (χ1v) is 11.2. The predicted octanol–water partition coefficient (Wildman–Crippen LogP) is 4.74. The minimum absolute atomic E-state index is 0.00206. The minimum atomic E-state index is -4.83. The van der Waals surface area contributed by atoms with Gasteiger partial charge >= 0.3 is 6.18 Å². The number of anilines is 1. The van der Waals surface area contributed by atoms with Gasteiger partial charge in [0.15, 0.2) is 17.2 Å². The molecule has 14 heteroatoms. The number of hydrogen-bond acceptors (Lipinski definition) is 5. The van der Waals surface area contributed by atoms with E-state index in [1.54, 1.807) is 26.0 Å². The summed E-state index contributed by atoms with van der Waals surface area (Å²) in [6.45, 7) is 3.50. The van der Waals surface area contributed by atoms with Gasteiger partial charge in [0.1, 0.15) is 5.69 Å². The molecule has 0 aliphatic carbocycles. The normalized spacial score (nSPS) is 11.8. The van der Waals surface area contributed by atoms with Crippen LogP contribution in [0.4, 0.5) is 18.9 Å². The summed E-state index contributed by atoms with van der Waals surface area (Å²) in [6.07, 6.45) is -2.07. The summed E-state index contributed by atoms with van der Waals surface area (Å²) < 4.78 is 42.7. The molecule has 0 saturated carbocycles. The summed E-state index contributed by atoms with van der Waals surface area (Å²) >= 11 is 9.43. The molecule has 182 valence electrons. The number of carbonyl (C=O) groups excluding carboxylic acids is 2. The Kier molecular flexibility index (Phi) is 6.56. The second-order valence-electron chi connectivity index (χ2n) is 7.60. The van der Waals surface area contributed by atoms with E-state index in [0.717, 1.165) is 0 Å². The summed E-state index contributed by atoms with van der Waals surface area (Å²) in [7, 11) is 0. The van der Waals surface area contributed by atoms with Crippen molar-refractivity contribution in [3.63, 3.8) is 0 Å². The van der Waals surface area contributed by atoms with Gasteiger partial charge in [0.05, 0.1) is 22.4 Å². The Labute approximate surface area is 209 Å². The molecular weight excluding hydrogens is 555 g/mol. The summed E-state index contributed by atoms with van der Waals surface area (Å²) in [5.74, 6) is -1.71. The molecule has 9 nitrogen and oxygen atoms in total. The second kappa shape index (κ2) is 9.30. The van der Waals surface area contributed by atoms with Crippen LogP contribution in [-0.2, 0) is 6.18 Å². The van der Waals surface area contributed by atoms with Crippen molar-refractivity contribution in [1.29, 1.82) is 0 Å². The number of nitrogens with zero attached hydrogens (tertiary/aromatic N) is 5. The van der Waals surface area contributed by atoms with Crippen molar-refractivity contribution < 1.29 is 22.8 Å². The highest BCUT2D eigenvalue weighted by molar-refractivity contribution is 9.10. The highest BCUT2D eigenvalue weighted by atomic mass is 79.9. The topological polar surface area (TPSA) is 106 Å². The van der Waals surface area contributed by atoms with Crippen LogP contribution in [0, 0.1) is 0 Å². The zero-order valence-electron chi connectivity index (χ0n) is 18.1. The average Bonchev–Trinajstić information content (AvgIpc) is 3.41. The van der Waals surface area contributed by atoms with E-state index in [4.69, 9.17) is 11.6 Å². The van der Waals surface area contributed by atoms with Crippen LogP contribution >= 0.6 is 27.5 Å². The highest BCUT2D eigenvalue weighted by Gasteiger charge is 2.37. The number of halogens is 5. The molecule has 0 spiro atoms. The van der Waals surface area contributed by atoms with Gasteiger partial charge < -0.3 is 10.6 Å². The molecule has 35 heavy (non-hydrogen) atoms. The first-order valence-electron chi connectivity index (χ1n) is 10.0. The maximum absolute atomic E-state index is 13.4. The fraction of sp³-hybridized carbons (Fsp3) is 0.190. The Morgan fingerprint density at radius 3 is 2.54 bits per heavy atom. The average molecular weight is 571 g/mol. The highest BCUT2D eigenvalue weighted by Crippen LogP contribution is 2.32. The maximum Gasteiger partial charge on any atom is 0.435 e. The van der Waals surface area contributed by atoms with E-state index >= 15 is 0 Å². The molecule has 4 aromatic heterocycles. The van der Waals surface area contributed by atoms with Crippen LogP contribution in [0.1, 0.15) is 40.5 Å². The second-order valence-corrected chi connectivity index (χ2v) is 8.86. The van der Waals surface area contributed by atoms with E-state index in [9.17, 15) is 22.8 Å². The van der Waals surface area contributed by atoms with Gasteiger partial charge in [-0.1, -0.05) is 11.6 Å². The molecular formula is C21H16BrClF3N7O2. The van der Waals surface area contributed by atoms with Crippen molar-refractivity contribution in [3.8, 4) is 5.82 Å². The third-order valence-corrected chi connectivity index (χ3v) is 5.60. The summed E-state index contributed by atoms with van der Waals surface area (Å²) in [6, 6.07) is 6.47. The Bertz CT molecular complexity index is 1450. The van der Waals surface area contributed by atoms with Crippen LogP contribution in [0.15, 0.2) is 47.2 Å². The van der Waals surface area contributed by atoms with Gasteiger partial charge in [0.25, 0.3) is 11.8 Å². The van der Waals surface area contributed by atoms with E-state index in [0.29, 0.717) is 20.7 Å². The van der Waals surface area contributed by atoms with Crippen molar-refractivity contribution in [1.82, 2.24) is 29.7 Å². The lowest BCUT2D eigenvalue weighted by Crippen LogP contribution is -2.33. The molecule has 0 atom stereocenters. The molecule has 2 amide bonds. The monoisotopic (exact) mass is 569 g/mol. The predicted molar refractivity (Wildman–Crippen MR) is 125 cm³/mol. The maximum atomic E-state index is 13.4. The molecule has 0 aromatic carbocycles. The first-order chi connectivity index (χ1) is 16.5. The number of alkyl halides is 3. The lowest BCUT2D eigenvalue weighted by molar-refractivity contribution is -0.141. The molecule has 0 radical (unpaired) electrons. The molecule has 0 fully saturated rings. The smallest absolute Gasteiger partial charge is 0.348 e. The standard InChI is InChI=1S/C21H16BrClF3N7O2/c1-10(2)29-20(35)17-16(12(22)8-11-5-7-28-32(11)17)30-19(34)14-9-15(21(24,25)26)31-33(14)18-13(23)4-3-6-27-18/h3-10H,1-2H3,(H,29,35)(H,30,34). The molecule has 0 saturated heterocycles. The van der Waals surface area contributed by atoms with Gasteiger partial charge in [-0.05, 0) is 54.0 Å².